The smallest absolute Gasteiger partial charge is 0.0276 e. The highest BCUT2D eigenvalue weighted by Gasteiger charge is 2.22. The minimum Gasteiger partial charge on any atom is -0.328 e. The molecule has 0 fully saturated rings. The molecular weight excluding hydrogens is 194 g/mol. The van der Waals surface area contributed by atoms with E-state index in [9.17, 15) is 0 Å². The van der Waals surface area contributed by atoms with Gasteiger partial charge in [0.15, 0.2) is 0 Å². The van der Waals surface area contributed by atoms with Gasteiger partial charge < -0.3 is 4.57 Å². The van der Waals surface area contributed by atoms with Gasteiger partial charge in [0.05, 0.1) is 0 Å². The monoisotopic (exact) mass is 219 g/mol. The van der Waals surface area contributed by atoms with Crippen LogP contribution >= 0.6 is 0 Å². The van der Waals surface area contributed by atoms with Gasteiger partial charge >= 0.3 is 0 Å². The highest BCUT2D eigenvalue weighted by molar-refractivity contribution is 5.29. The summed E-state index contributed by atoms with van der Waals surface area (Å²) in [6.45, 7) is 10.8. The Bertz CT molecular complexity index is 320. The van der Waals surface area contributed by atoms with E-state index in [1.54, 1.807) is 0 Å². The highest BCUT2D eigenvalue weighted by atomic mass is 14.9. The van der Waals surface area contributed by atoms with Crippen LogP contribution in [0.2, 0.25) is 0 Å². The Balaban J connectivity index is 2.59. The number of unbranched alkanes of at least 4 members (excludes halogenated alkanes) is 3. The number of hydrogen-bond donors (Lipinski definition) is 0. The quantitative estimate of drug-likeness (QED) is 0.578. The van der Waals surface area contributed by atoms with Crippen molar-refractivity contribution in [3.05, 3.63) is 30.6 Å². The Morgan fingerprint density at radius 3 is 2.69 bits per heavy atom. The molecule has 0 N–H and O–H groups in total. The molecule has 16 heavy (non-hydrogen) atoms. The van der Waals surface area contributed by atoms with E-state index in [1.165, 1.54) is 37.8 Å². The van der Waals surface area contributed by atoms with Crippen molar-refractivity contribution in [3.63, 3.8) is 0 Å². The maximum Gasteiger partial charge on any atom is 0.0276 e. The van der Waals surface area contributed by atoms with Crippen LogP contribution in [0.15, 0.2) is 24.9 Å². The first-order chi connectivity index (χ1) is 7.61. The second-order valence-electron chi connectivity index (χ2n) is 5.18. The molecule has 0 saturated heterocycles. The average molecular weight is 219 g/mol. The summed E-state index contributed by atoms with van der Waals surface area (Å²) in [5.41, 5.74) is 1.63. The fourth-order valence-corrected chi connectivity index (χ4v) is 2.25. The molecular formula is C15H25N. The van der Waals surface area contributed by atoms with Gasteiger partial charge in [-0.05, 0) is 18.6 Å². The molecule has 0 spiro atoms. The van der Waals surface area contributed by atoms with Crippen LogP contribution in [0.4, 0.5) is 0 Å². The molecule has 0 aliphatic carbocycles. The molecule has 0 saturated carbocycles. The van der Waals surface area contributed by atoms with Crippen LogP contribution in [0.3, 0.4) is 0 Å². The number of hydrogen-bond acceptors (Lipinski definition) is 0. The molecule has 0 aliphatic rings. The molecule has 0 unspecified atom stereocenters. The van der Waals surface area contributed by atoms with Crippen molar-refractivity contribution in [1.29, 1.82) is 0 Å². The number of rotatable bonds is 7. The summed E-state index contributed by atoms with van der Waals surface area (Å²) in [7, 11) is 0. The molecule has 1 heteroatoms. The third kappa shape index (κ3) is 3.26. The van der Waals surface area contributed by atoms with E-state index in [-0.39, 0.29) is 5.41 Å². The van der Waals surface area contributed by atoms with Crippen LogP contribution in [0.5, 0.6) is 0 Å². The zero-order valence-corrected chi connectivity index (χ0v) is 11.0. The van der Waals surface area contributed by atoms with E-state index in [0.29, 0.717) is 0 Å². The Hall–Kier alpha value is -0.980. The first-order valence-electron chi connectivity index (χ1n) is 6.41. The van der Waals surface area contributed by atoms with Crippen LogP contribution in [0.1, 0.15) is 58.6 Å². The second-order valence-corrected chi connectivity index (χ2v) is 5.18. The molecule has 1 aromatic heterocycles. The third-order valence-electron chi connectivity index (χ3n) is 3.32. The van der Waals surface area contributed by atoms with E-state index in [1.807, 2.05) is 6.20 Å². The summed E-state index contributed by atoms with van der Waals surface area (Å²) >= 11 is 0. The summed E-state index contributed by atoms with van der Waals surface area (Å²) in [6, 6.07) is 4.31. The lowest BCUT2D eigenvalue weighted by Gasteiger charge is -2.25. The van der Waals surface area contributed by atoms with Crippen molar-refractivity contribution in [2.75, 3.05) is 0 Å². The van der Waals surface area contributed by atoms with Crippen molar-refractivity contribution in [1.82, 2.24) is 4.57 Å². The Morgan fingerprint density at radius 2 is 2.06 bits per heavy atom. The SMILES string of the molecule is C=Cn1cccc1C(C)(C)CCCCCC. The molecule has 0 atom stereocenters. The minimum atomic E-state index is 0.255. The normalized spacial score (nSPS) is 11.7. The zero-order chi connectivity index (χ0) is 12.0. The number of aromatic nitrogens is 1. The Labute approximate surface area is 100 Å². The fraction of sp³-hybridized carbons (Fsp3) is 0.600. The topological polar surface area (TPSA) is 4.93 Å². The standard InChI is InChI=1S/C15H25N/c1-5-7-8-9-12-15(3,4)14-11-10-13-16(14)6-2/h6,10-11,13H,2,5,7-9,12H2,1,3-4H3. The predicted octanol–water partition coefficient (Wildman–Crippen LogP) is 4.84. The molecule has 0 bridgehead atoms. The second kappa shape index (κ2) is 5.93. The Kier molecular flexibility index (Phi) is 4.85. The van der Waals surface area contributed by atoms with E-state index in [0.717, 1.165) is 0 Å². The first-order valence-corrected chi connectivity index (χ1v) is 6.41. The van der Waals surface area contributed by atoms with E-state index in [2.05, 4.69) is 50.2 Å². The van der Waals surface area contributed by atoms with Crippen LogP contribution in [-0.4, -0.2) is 4.57 Å². The molecule has 1 heterocycles. The van der Waals surface area contributed by atoms with Crippen LogP contribution in [0, 0.1) is 0 Å². The average Bonchev–Trinajstić information content (AvgIpc) is 2.73. The van der Waals surface area contributed by atoms with Crippen molar-refractivity contribution in [2.45, 2.75) is 58.3 Å². The minimum absolute atomic E-state index is 0.255. The van der Waals surface area contributed by atoms with Gasteiger partial charge in [-0.25, -0.2) is 0 Å². The van der Waals surface area contributed by atoms with E-state index in [4.69, 9.17) is 0 Å². The van der Waals surface area contributed by atoms with Crippen molar-refractivity contribution in [2.24, 2.45) is 0 Å². The van der Waals surface area contributed by atoms with Gasteiger partial charge in [0, 0.05) is 23.5 Å². The lowest BCUT2D eigenvalue weighted by molar-refractivity contribution is 0.431. The largest absolute Gasteiger partial charge is 0.328 e. The van der Waals surface area contributed by atoms with Gasteiger partial charge in [-0.3, -0.25) is 0 Å². The van der Waals surface area contributed by atoms with Gasteiger partial charge in [-0.2, -0.15) is 0 Å². The summed E-state index contributed by atoms with van der Waals surface area (Å²) in [5.74, 6) is 0. The lowest BCUT2D eigenvalue weighted by Crippen LogP contribution is -2.20. The summed E-state index contributed by atoms with van der Waals surface area (Å²) in [4.78, 5) is 0. The van der Waals surface area contributed by atoms with Gasteiger partial charge in [0.25, 0.3) is 0 Å². The van der Waals surface area contributed by atoms with Crippen molar-refractivity contribution < 1.29 is 0 Å². The highest BCUT2D eigenvalue weighted by Crippen LogP contribution is 2.29. The molecule has 0 radical (unpaired) electrons. The molecule has 0 aliphatic heterocycles. The first kappa shape index (κ1) is 13.1. The maximum absolute atomic E-state index is 3.85. The molecule has 90 valence electrons. The third-order valence-corrected chi connectivity index (χ3v) is 3.32. The van der Waals surface area contributed by atoms with Gasteiger partial charge in [0.2, 0.25) is 0 Å². The molecule has 1 nitrogen and oxygen atoms in total. The van der Waals surface area contributed by atoms with Gasteiger partial charge in [0.1, 0.15) is 0 Å². The van der Waals surface area contributed by atoms with Gasteiger partial charge in [-0.15, -0.1) is 0 Å². The zero-order valence-electron chi connectivity index (χ0n) is 11.0. The van der Waals surface area contributed by atoms with E-state index >= 15 is 0 Å². The van der Waals surface area contributed by atoms with E-state index < -0.39 is 0 Å². The van der Waals surface area contributed by atoms with Crippen LogP contribution in [0.25, 0.3) is 6.20 Å². The number of nitrogens with zero attached hydrogens (tertiary/aromatic N) is 1. The summed E-state index contributed by atoms with van der Waals surface area (Å²) in [6.07, 6.45) is 10.6. The summed E-state index contributed by atoms with van der Waals surface area (Å²) in [5, 5.41) is 0. The van der Waals surface area contributed by atoms with Crippen LogP contribution in [-0.2, 0) is 5.41 Å². The van der Waals surface area contributed by atoms with Gasteiger partial charge in [-0.1, -0.05) is 53.0 Å². The predicted molar refractivity (Wildman–Crippen MR) is 72.6 cm³/mol. The summed E-state index contributed by atoms with van der Waals surface area (Å²) < 4.78 is 2.14. The molecule has 1 aromatic rings. The lowest BCUT2D eigenvalue weighted by atomic mass is 9.83. The molecule has 1 rings (SSSR count). The molecule has 0 amide bonds. The van der Waals surface area contributed by atoms with Crippen molar-refractivity contribution >= 4 is 6.20 Å². The Morgan fingerprint density at radius 1 is 1.31 bits per heavy atom. The van der Waals surface area contributed by atoms with Crippen LogP contribution < -0.4 is 0 Å². The van der Waals surface area contributed by atoms with Crippen molar-refractivity contribution in [3.8, 4) is 0 Å². The fourth-order valence-electron chi connectivity index (χ4n) is 2.25. The maximum atomic E-state index is 3.85. The molecule has 0 aromatic carbocycles.